The highest BCUT2D eigenvalue weighted by Gasteiger charge is 2.32. The Morgan fingerprint density at radius 3 is 2.65 bits per heavy atom. The monoisotopic (exact) mass is 275 g/mol. The van der Waals surface area contributed by atoms with Gasteiger partial charge in [-0.1, -0.05) is 12.1 Å². The van der Waals surface area contributed by atoms with E-state index in [2.05, 4.69) is 22.9 Å². The topological polar surface area (TPSA) is 36.0 Å². The number of carbonyl (C=O) groups excluding carboxylic acids is 1. The summed E-state index contributed by atoms with van der Waals surface area (Å²) in [5.41, 5.74) is 2.10. The number of rotatable bonds is 1. The first-order chi connectivity index (χ1) is 9.66. The first-order valence-corrected chi connectivity index (χ1v) is 7.08. The Balaban J connectivity index is 1.84. The van der Waals surface area contributed by atoms with Gasteiger partial charge in [0, 0.05) is 33.2 Å². The summed E-state index contributed by atoms with van der Waals surface area (Å²) in [6.07, 6.45) is -0.342. The molecule has 0 spiro atoms. The van der Waals surface area contributed by atoms with E-state index in [4.69, 9.17) is 4.74 Å². The highest BCUT2D eigenvalue weighted by atomic mass is 16.5. The number of hydrogen-bond donors (Lipinski definition) is 0. The second-order valence-corrected chi connectivity index (χ2v) is 5.52. The van der Waals surface area contributed by atoms with Crippen molar-refractivity contribution >= 4 is 17.3 Å². The lowest BCUT2D eigenvalue weighted by Gasteiger charge is -2.38. The molecular weight excluding hydrogens is 254 g/mol. The molecule has 1 aromatic rings. The number of hydrogen-bond acceptors (Lipinski definition) is 4. The van der Waals surface area contributed by atoms with E-state index in [1.165, 1.54) is 0 Å². The Morgan fingerprint density at radius 1 is 1.15 bits per heavy atom. The standard InChI is InChI=1S/C15H21N3O2/c1-16-9-10-20-14(11-16)15(19)18-8-7-17(2)12-5-3-4-6-13(12)18/h3-6,14H,7-11H2,1-2H3/t14-/m0/s1. The van der Waals surface area contributed by atoms with E-state index in [9.17, 15) is 4.79 Å². The lowest BCUT2D eigenvalue weighted by molar-refractivity contribution is -0.135. The first-order valence-electron chi connectivity index (χ1n) is 7.08. The van der Waals surface area contributed by atoms with Gasteiger partial charge in [0.05, 0.1) is 18.0 Å². The molecule has 0 aliphatic carbocycles. The summed E-state index contributed by atoms with van der Waals surface area (Å²) in [6.45, 7) is 3.76. The van der Waals surface area contributed by atoms with Crippen LogP contribution in [0.25, 0.3) is 0 Å². The minimum atomic E-state index is -0.342. The first kappa shape index (κ1) is 13.4. The van der Waals surface area contributed by atoms with Crippen molar-refractivity contribution in [2.75, 3.05) is 56.7 Å². The Labute approximate surface area is 119 Å². The van der Waals surface area contributed by atoms with Gasteiger partial charge < -0.3 is 19.4 Å². The van der Waals surface area contributed by atoms with Crippen molar-refractivity contribution in [1.82, 2.24) is 4.90 Å². The van der Waals surface area contributed by atoms with Crippen LogP contribution >= 0.6 is 0 Å². The van der Waals surface area contributed by atoms with Gasteiger partial charge >= 0.3 is 0 Å². The molecular formula is C15H21N3O2. The summed E-state index contributed by atoms with van der Waals surface area (Å²) in [6, 6.07) is 8.05. The molecule has 1 saturated heterocycles. The molecule has 0 radical (unpaired) electrons. The van der Waals surface area contributed by atoms with Crippen LogP contribution < -0.4 is 9.80 Å². The number of amides is 1. The smallest absolute Gasteiger partial charge is 0.257 e. The third kappa shape index (κ3) is 2.39. The Morgan fingerprint density at radius 2 is 1.90 bits per heavy atom. The molecule has 2 heterocycles. The molecule has 1 aromatic carbocycles. The van der Waals surface area contributed by atoms with E-state index in [1.54, 1.807) is 0 Å². The summed E-state index contributed by atoms with van der Waals surface area (Å²) in [5.74, 6) is 0.0806. The number of nitrogens with zero attached hydrogens (tertiary/aromatic N) is 3. The zero-order valence-corrected chi connectivity index (χ0v) is 12.1. The van der Waals surface area contributed by atoms with Gasteiger partial charge in [-0.25, -0.2) is 0 Å². The average molecular weight is 275 g/mol. The molecule has 1 amide bonds. The van der Waals surface area contributed by atoms with Gasteiger partial charge in [-0.15, -0.1) is 0 Å². The summed E-state index contributed by atoms with van der Waals surface area (Å²) < 4.78 is 5.66. The number of fused-ring (bicyclic) bond motifs is 1. The van der Waals surface area contributed by atoms with Crippen LogP contribution in [0.15, 0.2) is 24.3 Å². The summed E-state index contributed by atoms with van der Waals surface area (Å²) in [5, 5.41) is 0. The van der Waals surface area contributed by atoms with Crippen molar-refractivity contribution in [2.45, 2.75) is 6.10 Å². The van der Waals surface area contributed by atoms with Crippen molar-refractivity contribution in [1.29, 1.82) is 0 Å². The maximum atomic E-state index is 12.7. The van der Waals surface area contributed by atoms with E-state index in [-0.39, 0.29) is 12.0 Å². The lowest BCUT2D eigenvalue weighted by atomic mass is 10.1. The fraction of sp³-hybridized carbons (Fsp3) is 0.533. The summed E-state index contributed by atoms with van der Waals surface area (Å²) in [7, 11) is 4.09. The number of likely N-dealkylation sites (N-methyl/N-ethyl adjacent to an activating group) is 2. The van der Waals surface area contributed by atoms with Gasteiger partial charge in [0.25, 0.3) is 5.91 Å². The molecule has 2 aliphatic rings. The SMILES string of the molecule is CN1CCO[C@H](C(=O)N2CCN(C)c3ccccc32)C1. The number of benzene rings is 1. The van der Waals surface area contributed by atoms with Crippen LogP contribution in [-0.4, -0.2) is 63.8 Å². The van der Waals surface area contributed by atoms with Crippen molar-refractivity contribution in [3.8, 4) is 0 Å². The number of para-hydroxylation sites is 2. The normalized spacial score (nSPS) is 23.6. The van der Waals surface area contributed by atoms with Crippen LogP contribution in [0.1, 0.15) is 0 Å². The van der Waals surface area contributed by atoms with Crippen LogP contribution in [0.5, 0.6) is 0 Å². The zero-order chi connectivity index (χ0) is 14.1. The zero-order valence-electron chi connectivity index (χ0n) is 12.1. The maximum absolute atomic E-state index is 12.7. The summed E-state index contributed by atoms with van der Waals surface area (Å²) >= 11 is 0. The molecule has 1 fully saturated rings. The minimum absolute atomic E-state index is 0.0806. The van der Waals surface area contributed by atoms with Gasteiger partial charge in [0.15, 0.2) is 0 Å². The molecule has 0 unspecified atom stereocenters. The minimum Gasteiger partial charge on any atom is -0.371 e. The highest BCUT2D eigenvalue weighted by molar-refractivity contribution is 6.00. The van der Waals surface area contributed by atoms with Crippen LogP contribution in [0.2, 0.25) is 0 Å². The predicted molar refractivity (Wildman–Crippen MR) is 79.3 cm³/mol. The molecule has 0 saturated carbocycles. The largest absolute Gasteiger partial charge is 0.371 e. The molecule has 2 aliphatic heterocycles. The second-order valence-electron chi connectivity index (χ2n) is 5.52. The van der Waals surface area contributed by atoms with E-state index in [1.807, 2.05) is 30.1 Å². The van der Waals surface area contributed by atoms with E-state index in [0.717, 1.165) is 31.0 Å². The second kappa shape index (κ2) is 5.42. The molecule has 5 heteroatoms. The van der Waals surface area contributed by atoms with Crippen molar-refractivity contribution in [3.05, 3.63) is 24.3 Å². The van der Waals surface area contributed by atoms with Crippen LogP contribution in [-0.2, 0) is 9.53 Å². The molecule has 3 rings (SSSR count). The van der Waals surface area contributed by atoms with Gasteiger partial charge in [0.2, 0.25) is 0 Å². The van der Waals surface area contributed by atoms with E-state index >= 15 is 0 Å². The van der Waals surface area contributed by atoms with E-state index < -0.39 is 0 Å². The third-order valence-electron chi connectivity index (χ3n) is 4.05. The fourth-order valence-electron chi connectivity index (χ4n) is 2.84. The van der Waals surface area contributed by atoms with Crippen LogP contribution in [0, 0.1) is 0 Å². The lowest BCUT2D eigenvalue weighted by Crippen LogP contribution is -2.52. The maximum Gasteiger partial charge on any atom is 0.257 e. The van der Waals surface area contributed by atoms with Crippen molar-refractivity contribution < 1.29 is 9.53 Å². The molecule has 0 aromatic heterocycles. The number of anilines is 2. The van der Waals surface area contributed by atoms with Gasteiger partial charge in [0.1, 0.15) is 6.10 Å². The summed E-state index contributed by atoms with van der Waals surface area (Å²) in [4.78, 5) is 18.9. The molecule has 5 nitrogen and oxygen atoms in total. The highest BCUT2D eigenvalue weighted by Crippen LogP contribution is 2.32. The quantitative estimate of drug-likeness (QED) is 0.759. The predicted octanol–water partition coefficient (Wildman–Crippen LogP) is 0.800. The Hall–Kier alpha value is -1.59. The van der Waals surface area contributed by atoms with Crippen molar-refractivity contribution in [2.24, 2.45) is 0 Å². The molecule has 0 bridgehead atoms. The van der Waals surface area contributed by atoms with Gasteiger partial charge in [-0.3, -0.25) is 4.79 Å². The van der Waals surface area contributed by atoms with Gasteiger partial charge in [-0.05, 0) is 19.2 Å². The third-order valence-corrected chi connectivity index (χ3v) is 4.05. The molecule has 108 valence electrons. The number of carbonyl (C=O) groups is 1. The van der Waals surface area contributed by atoms with Crippen LogP contribution in [0.3, 0.4) is 0 Å². The number of morpholine rings is 1. The molecule has 1 atom stereocenters. The number of ether oxygens (including phenoxy) is 1. The Bertz CT molecular complexity index is 506. The van der Waals surface area contributed by atoms with E-state index in [0.29, 0.717) is 13.2 Å². The average Bonchev–Trinajstić information content (AvgIpc) is 2.47. The molecule has 20 heavy (non-hydrogen) atoms. The fourth-order valence-corrected chi connectivity index (χ4v) is 2.84. The van der Waals surface area contributed by atoms with Crippen molar-refractivity contribution in [3.63, 3.8) is 0 Å². The van der Waals surface area contributed by atoms with Gasteiger partial charge in [-0.2, -0.15) is 0 Å². The van der Waals surface area contributed by atoms with Crippen LogP contribution in [0.4, 0.5) is 11.4 Å². The molecule has 0 N–H and O–H groups in total. The Kier molecular flexibility index (Phi) is 3.63.